The highest BCUT2D eigenvalue weighted by atomic mass is 16.6. The van der Waals surface area contributed by atoms with Crippen molar-refractivity contribution in [3.8, 4) is 5.88 Å². The Morgan fingerprint density at radius 2 is 2.21 bits per heavy atom. The second-order valence-electron chi connectivity index (χ2n) is 5.51. The lowest BCUT2D eigenvalue weighted by atomic mass is 10.1. The smallest absolute Gasteiger partial charge is 0.409 e. The molecule has 1 amide bonds. The van der Waals surface area contributed by atoms with Crippen LogP contribution in [0.1, 0.15) is 25.3 Å². The van der Waals surface area contributed by atoms with Crippen LogP contribution in [0.25, 0.3) is 0 Å². The molecule has 1 aromatic heterocycles. The van der Waals surface area contributed by atoms with Gasteiger partial charge in [-0.15, -0.1) is 0 Å². The van der Waals surface area contributed by atoms with Gasteiger partial charge < -0.3 is 25.4 Å². The maximum atomic E-state index is 11.7. The fourth-order valence-corrected chi connectivity index (χ4v) is 2.48. The molecule has 8 heteroatoms. The Balaban J connectivity index is 1.76. The van der Waals surface area contributed by atoms with E-state index in [0.29, 0.717) is 38.1 Å². The van der Waals surface area contributed by atoms with Crippen molar-refractivity contribution < 1.29 is 14.3 Å². The van der Waals surface area contributed by atoms with E-state index in [2.05, 4.69) is 15.3 Å². The van der Waals surface area contributed by atoms with Gasteiger partial charge >= 0.3 is 6.09 Å². The van der Waals surface area contributed by atoms with Crippen LogP contribution >= 0.6 is 0 Å². The zero-order chi connectivity index (χ0) is 17.4. The average Bonchev–Trinajstić information content (AvgIpc) is 2.61. The first-order chi connectivity index (χ1) is 11.6. The van der Waals surface area contributed by atoms with Gasteiger partial charge in [0.05, 0.1) is 20.3 Å². The Hall–Kier alpha value is -2.51. The number of rotatable bonds is 5. The molecular weight excluding hydrogens is 310 g/mol. The van der Waals surface area contributed by atoms with Crippen LogP contribution < -0.4 is 15.8 Å². The lowest BCUT2D eigenvalue weighted by molar-refractivity contribution is 0.0963. The summed E-state index contributed by atoms with van der Waals surface area (Å²) >= 11 is 0. The van der Waals surface area contributed by atoms with Crippen LogP contribution in [0.15, 0.2) is 23.3 Å². The molecule has 0 radical (unpaired) electrons. The van der Waals surface area contributed by atoms with Crippen molar-refractivity contribution in [1.82, 2.24) is 15.2 Å². The normalized spacial score (nSPS) is 15.9. The number of methoxy groups -OCH3 is 1. The molecule has 0 aliphatic carbocycles. The van der Waals surface area contributed by atoms with Gasteiger partial charge in [0.25, 0.3) is 0 Å². The van der Waals surface area contributed by atoms with E-state index in [1.54, 1.807) is 24.3 Å². The third kappa shape index (κ3) is 5.29. The zero-order valence-corrected chi connectivity index (χ0v) is 14.2. The van der Waals surface area contributed by atoms with E-state index in [-0.39, 0.29) is 12.1 Å². The lowest BCUT2D eigenvalue weighted by Gasteiger charge is -2.31. The van der Waals surface area contributed by atoms with Gasteiger partial charge in [-0.1, -0.05) is 6.07 Å². The Kier molecular flexibility index (Phi) is 6.65. The standard InChI is InChI=1S/C16H25N5O3/c1-3-24-16(22)21-8-6-13(7-9-21)20-15(17)19-11-12-4-5-14(23-2)18-10-12/h4-5,10,13H,3,6-9,11H2,1-2H3,(H3,17,19,20). The van der Waals surface area contributed by atoms with Crippen molar-refractivity contribution in [2.45, 2.75) is 32.4 Å². The molecule has 0 bridgehead atoms. The van der Waals surface area contributed by atoms with E-state index >= 15 is 0 Å². The molecule has 0 atom stereocenters. The van der Waals surface area contributed by atoms with Crippen LogP contribution in [0, 0.1) is 0 Å². The Morgan fingerprint density at radius 1 is 1.46 bits per heavy atom. The number of hydrogen-bond acceptors (Lipinski definition) is 5. The minimum atomic E-state index is -0.246. The third-order valence-corrected chi connectivity index (χ3v) is 3.81. The second kappa shape index (κ2) is 8.95. The van der Waals surface area contributed by atoms with E-state index in [1.165, 1.54) is 0 Å². The SMILES string of the molecule is CCOC(=O)N1CCC(NC(N)=NCc2ccc(OC)nc2)CC1. The quantitative estimate of drug-likeness (QED) is 0.617. The minimum Gasteiger partial charge on any atom is -0.481 e. The Labute approximate surface area is 142 Å². The van der Waals surface area contributed by atoms with Crippen LogP contribution in [0.4, 0.5) is 4.79 Å². The van der Waals surface area contributed by atoms with Gasteiger partial charge in [-0.3, -0.25) is 0 Å². The van der Waals surface area contributed by atoms with Gasteiger partial charge in [0, 0.05) is 31.4 Å². The highest BCUT2D eigenvalue weighted by Crippen LogP contribution is 2.11. The summed E-state index contributed by atoms with van der Waals surface area (Å²) in [5.41, 5.74) is 6.90. The average molecular weight is 335 g/mol. The van der Waals surface area contributed by atoms with Crippen LogP contribution in [0.2, 0.25) is 0 Å². The maximum Gasteiger partial charge on any atom is 0.409 e. The number of carbonyl (C=O) groups is 1. The van der Waals surface area contributed by atoms with Gasteiger partial charge in [0.1, 0.15) is 0 Å². The number of nitrogens with two attached hydrogens (primary N) is 1. The summed E-state index contributed by atoms with van der Waals surface area (Å²) in [7, 11) is 1.58. The molecule has 1 aliphatic rings. The first-order valence-electron chi connectivity index (χ1n) is 8.09. The first-order valence-corrected chi connectivity index (χ1v) is 8.09. The van der Waals surface area contributed by atoms with Crippen LogP contribution in [0.3, 0.4) is 0 Å². The number of nitrogens with one attached hydrogen (secondary N) is 1. The van der Waals surface area contributed by atoms with Crippen LogP contribution in [-0.4, -0.2) is 54.8 Å². The fraction of sp³-hybridized carbons (Fsp3) is 0.562. The summed E-state index contributed by atoms with van der Waals surface area (Å²) in [5, 5.41) is 3.21. The number of piperidine rings is 1. The predicted molar refractivity (Wildman–Crippen MR) is 90.9 cm³/mol. The summed E-state index contributed by atoms with van der Waals surface area (Å²) in [6, 6.07) is 3.91. The number of pyridine rings is 1. The van der Waals surface area contributed by atoms with Crippen molar-refractivity contribution in [2.75, 3.05) is 26.8 Å². The zero-order valence-electron chi connectivity index (χ0n) is 14.2. The summed E-state index contributed by atoms with van der Waals surface area (Å²) < 4.78 is 10.0. The van der Waals surface area contributed by atoms with Crippen LogP contribution in [-0.2, 0) is 11.3 Å². The highest BCUT2D eigenvalue weighted by Gasteiger charge is 2.23. The van der Waals surface area contributed by atoms with E-state index in [9.17, 15) is 4.79 Å². The van der Waals surface area contributed by atoms with Crippen molar-refractivity contribution >= 4 is 12.1 Å². The lowest BCUT2D eigenvalue weighted by Crippen LogP contribution is -2.48. The van der Waals surface area contributed by atoms with Gasteiger partial charge in [-0.2, -0.15) is 0 Å². The molecule has 0 aromatic carbocycles. The molecule has 1 aliphatic heterocycles. The molecule has 1 aromatic rings. The monoisotopic (exact) mass is 335 g/mol. The molecule has 3 N–H and O–H groups in total. The molecule has 0 unspecified atom stereocenters. The number of aliphatic imine (C=N–C) groups is 1. The summed E-state index contributed by atoms with van der Waals surface area (Å²) in [4.78, 5) is 21.8. The topological polar surface area (TPSA) is 102 Å². The molecule has 2 rings (SSSR count). The number of amides is 1. The molecule has 1 saturated heterocycles. The van der Waals surface area contributed by atoms with E-state index in [1.807, 2.05) is 13.0 Å². The van der Waals surface area contributed by atoms with E-state index < -0.39 is 0 Å². The molecule has 0 saturated carbocycles. The second-order valence-corrected chi connectivity index (χ2v) is 5.51. The first kappa shape index (κ1) is 17.8. The number of aromatic nitrogens is 1. The number of nitrogens with zero attached hydrogens (tertiary/aromatic N) is 3. The third-order valence-electron chi connectivity index (χ3n) is 3.81. The van der Waals surface area contributed by atoms with Crippen molar-refractivity contribution in [2.24, 2.45) is 10.7 Å². The molecule has 8 nitrogen and oxygen atoms in total. The van der Waals surface area contributed by atoms with Gasteiger partial charge in [-0.05, 0) is 25.3 Å². The summed E-state index contributed by atoms with van der Waals surface area (Å²) in [5.74, 6) is 0.975. The molecule has 24 heavy (non-hydrogen) atoms. The summed E-state index contributed by atoms with van der Waals surface area (Å²) in [6.45, 7) is 3.98. The van der Waals surface area contributed by atoms with Crippen molar-refractivity contribution in [1.29, 1.82) is 0 Å². The molecule has 2 heterocycles. The van der Waals surface area contributed by atoms with Gasteiger partial charge in [-0.25, -0.2) is 14.8 Å². The number of likely N-dealkylation sites (tertiary alicyclic amines) is 1. The Bertz CT molecular complexity index is 553. The Morgan fingerprint density at radius 3 is 2.79 bits per heavy atom. The summed E-state index contributed by atoms with van der Waals surface area (Å²) in [6.07, 6.45) is 3.11. The van der Waals surface area contributed by atoms with Crippen molar-refractivity contribution in [3.05, 3.63) is 23.9 Å². The number of hydrogen-bond donors (Lipinski definition) is 2. The number of guanidine groups is 1. The molecular formula is C16H25N5O3. The predicted octanol–water partition coefficient (Wildman–Crippen LogP) is 1.12. The van der Waals surface area contributed by atoms with E-state index in [0.717, 1.165) is 18.4 Å². The molecule has 0 spiro atoms. The molecule has 132 valence electrons. The van der Waals surface area contributed by atoms with E-state index in [4.69, 9.17) is 15.2 Å². The van der Waals surface area contributed by atoms with Gasteiger partial charge in [0.15, 0.2) is 5.96 Å². The number of carbonyl (C=O) groups excluding carboxylic acids is 1. The van der Waals surface area contributed by atoms with Gasteiger partial charge in [0.2, 0.25) is 5.88 Å². The number of ether oxygens (including phenoxy) is 2. The largest absolute Gasteiger partial charge is 0.481 e. The highest BCUT2D eigenvalue weighted by molar-refractivity contribution is 5.78. The molecule has 1 fully saturated rings. The maximum absolute atomic E-state index is 11.7. The van der Waals surface area contributed by atoms with Crippen molar-refractivity contribution in [3.63, 3.8) is 0 Å². The van der Waals surface area contributed by atoms with Crippen LogP contribution in [0.5, 0.6) is 5.88 Å². The minimum absolute atomic E-state index is 0.216. The fourth-order valence-electron chi connectivity index (χ4n) is 2.48.